The molecule has 2 aromatic heterocycles. The Labute approximate surface area is 385 Å². The molecule has 2 aliphatic heterocycles. The van der Waals surface area contributed by atoms with Gasteiger partial charge in [0, 0.05) is 51.9 Å². The number of carbonyl (C=O) groups excluding carboxylic acids is 4. The number of ketones is 1. The van der Waals surface area contributed by atoms with E-state index in [9.17, 15) is 22.8 Å². The number of nitrogens with one attached hydrogen (secondary N) is 3. The second-order valence-corrected chi connectivity index (χ2v) is 22.1. The molecule has 8 rings (SSSR count). The van der Waals surface area contributed by atoms with Gasteiger partial charge in [-0.3, -0.25) is 23.9 Å². The van der Waals surface area contributed by atoms with Crippen LogP contribution in [0.4, 0.5) is 5.69 Å². The number of benzene rings is 2. The number of fused-ring (bicyclic) bond motifs is 3. The number of carbonyl (C=O) groups is 4. The fourth-order valence-electron chi connectivity index (χ4n) is 8.90. The molecule has 346 valence electrons. The predicted molar refractivity (Wildman–Crippen MR) is 252 cm³/mol. The lowest BCUT2D eigenvalue weighted by Gasteiger charge is -2.30. The third-order valence-corrected chi connectivity index (χ3v) is 16.5. The van der Waals surface area contributed by atoms with Gasteiger partial charge in [-0.2, -0.15) is 0 Å². The van der Waals surface area contributed by atoms with Crippen LogP contribution in [-0.2, 0) is 24.4 Å². The maximum Gasteiger partial charge on any atom is 0.259 e. The largest absolute Gasteiger partial charge is 0.496 e. The predicted octanol–water partition coefficient (Wildman–Crippen LogP) is 7.86. The molecular weight excluding hydrogens is 865 g/mol. The number of anilines is 1. The normalized spacial score (nSPS) is 24.9. The Bertz CT molecular complexity index is 2660. The Balaban J connectivity index is 1.16. The van der Waals surface area contributed by atoms with Crippen LogP contribution in [0.1, 0.15) is 120 Å². The van der Waals surface area contributed by atoms with Crippen molar-refractivity contribution in [2.24, 2.45) is 11.8 Å². The number of ether oxygens (including phenoxy) is 2. The van der Waals surface area contributed by atoms with Crippen LogP contribution in [0.5, 0.6) is 11.5 Å². The van der Waals surface area contributed by atoms with E-state index >= 15 is 4.79 Å². The molecule has 3 N–H and O–H groups in total. The fraction of sp³-hybridized carbons (Fsp3) is 0.510. The second kappa shape index (κ2) is 18.1. The van der Waals surface area contributed by atoms with E-state index in [1.807, 2.05) is 62.6 Å². The SMILES string of the molecule is COc1ccc2c(OC3C[C@H]4C(=O)N[C@]5(C(=O)NS(=O)(=O)C6(C)CC6)C[C@H]5/C=C\CCCCC[C@H](Nc5cccc(C(=O)C(C)C)c5)C(=O)N4C3)cc(-c3nc(C(C)C)cs3)nc2c1C. The summed E-state index contributed by atoms with van der Waals surface area (Å²) in [5.41, 5.74) is 2.66. The Hall–Kier alpha value is -5.35. The van der Waals surface area contributed by atoms with Gasteiger partial charge >= 0.3 is 0 Å². The van der Waals surface area contributed by atoms with Crippen LogP contribution in [0.3, 0.4) is 0 Å². The number of hydrogen-bond donors (Lipinski definition) is 3. The van der Waals surface area contributed by atoms with Gasteiger partial charge in [0.15, 0.2) is 5.78 Å². The molecule has 3 amide bonds. The highest BCUT2D eigenvalue weighted by molar-refractivity contribution is 7.91. The van der Waals surface area contributed by atoms with E-state index in [0.717, 1.165) is 40.9 Å². The van der Waals surface area contributed by atoms with Crippen molar-refractivity contribution in [1.29, 1.82) is 0 Å². The molecule has 14 nitrogen and oxygen atoms in total. The number of pyridine rings is 1. The average Bonchev–Trinajstić information content (AvgIpc) is 4.05. The number of methoxy groups -OCH3 is 1. The van der Waals surface area contributed by atoms with Crippen molar-refractivity contribution < 1.29 is 37.1 Å². The van der Waals surface area contributed by atoms with Crippen molar-refractivity contribution in [1.82, 2.24) is 24.9 Å². The first-order valence-electron chi connectivity index (χ1n) is 22.8. The van der Waals surface area contributed by atoms with Crippen LogP contribution in [0, 0.1) is 18.8 Å². The van der Waals surface area contributed by atoms with Crippen LogP contribution in [0.25, 0.3) is 21.6 Å². The van der Waals surface area contributed by atoms with Gasteiger partial charge in [0.2, 0.25) is 21.8 Å². The summed E-state index contributed by atoms with van der Waals surface area (Å²) in [4.78, 5) is 68.6. The standard InChI is InChI=1S/C49H60N6O8S2/c1-28(2)38-27-64-45(52-38)37-24-41(35-18-19-40(62-7)30(5)42(35)51-37)63-34-23-39-44(57)53-49(47(59)54-65(60,61)48(6)20-21-48)25-32(49)15-11-9-8-10-12-17-36(46(58)55(39)26-34)50-33-16-13-14-31(22-33)43(56)29(3)4/h11,13-16,18-19,22,24,27-29,32,34,36,39,50H,8-10,12,17,20-21,23,25-26H2,1-7H3,(H,53,57)(H,54,59)/b15-11-/t32-,34?,36+,39+,49-/m1/s1. The lowest BCUT2D eigenvalue weighted by molar-refractivity contribution is -0.140. The molecule has 5 atom stereocenters. The lowest BCUT2D eigenvalue weighted by Crippen LogP contribution is -2.58. The van der Waals surface area contributed by atoms with Crippen molar-refractivity contribution in [2.45, 2.75) is 134 Å². The van der Waals surface area contributed by atoms with E-state index in [1.54, 1.807) is 32.2 Å². The summed E-state index contributed by atoms with van der Waals surface area (Å²) < 4.78 is 40.6. The number of hydrogen-bond acceptors (Lipinski definition) is 12. The summed E-state index contributed by atoms with van der Waals surface area (Å²) in [7, 11) is -2.40. The number of nitrogens with zero attached hydrogens (tertiary/aromatic N) is 3. The fourth-order valence-corrected chi connectivity index (χ4v) is 11.2. The third kappa shape index (κ3) is 9.38. The summed E-state index contributed by atoms with van der Waals surface area (Å²) in [6, 6.07) is 10.9. The van der Waals surface area contributed by atoms with Gasteiger partial charge in [-0.15, -0.1) is 11.3 Å². The Morgan fingerprint density at radius 2 is 1.80 bits per heavy atom. The maximum absolute atomic E-state index is 15.1. The maximum atomic E-state index is 15.1. The molecule has 4 heterocycles. The smallest absolute Gasteiger partial charge is 0.259 e. The van der Waals surface area contributed by atoms with Gasteiger partial charge < -0.3 is 25.0 Å². The first kappa shape index (κ1) is 46.2. The van der Waals surface area contributed by atoms with Gasteiger partial charge in [0.25, 0.3) is 5.91 Å². The quantitative estimate of drug-likeness (QED) is 0.0928. The van der Waals surface area contributed by atoms with Crippen molar-refractivity contribution in [3.63, 3.8) is 0 Å². The number of Topliss-reactive ketones (excluding diaryl/α,β-unsaturated/α-hetero) is 1. The van der Waals surface area contributed by atoms with Crippen molar-refractivity contribution >= 4 is 61.5 Å². The van der Waals surface area contributed by atoms with Crippen LogP contribution >= 0.6 is 11.3 Å². The van der Waals surface area contributed by atoms with E-state index in [1.165, 1.54) is 16.2 Å². The van der Waals surface area contributed by atoms with E-state index in [2.05, 4.69) is 29.2 Å². The summed E-state index contributed by atoms with van der Waals surface area (Å²) in [5, 5.41) is 9.88. The minimum Gasteiger partial charge on any atom is -0.496 e. The summed E-state index contributed by atoms with van der Waals surface area (Å²) in [6.45, 7) is 11.4. The zero-order valence-corrected chi connectivity index (χ0v) is 39.9. The highest BCUT2D eigenvalue weighted by atomic mass is 32.2. The topological polar surface area (TPSA) is 186 Å². The zero-order chi connectivity index (χ0) is 46.4. The third-order valence-electron chi connectivity index (χ3n) is 13.5. The van der Waals surface area contributed by atoms with Gasteiger partial charge in [-0.25, -0.2) is 18.4 Å². The molecule has 65 heavy (non-hydrogen) atoms. The Kier molecular flexibility index (Phi) is 12.9. The van der Waals surface area contributed by atoms with E-state index in [0.29, 0.717) is 59.6 Å². The first-order chi connectivity index (χ1) is 30.9. The molecule has 1 saturated heterocycles. The summed E-state index contributed by atoms with van der Waals surface area (Å²) >= 11 is 1.49. The number of allylic oxidation sites excluding steroid dienone is 1. The number of thiazole rings is 1. The van der Waals surface area contributed by atoms with Crippen LogP contribution in [0.15, 0.2) is 60.0 Å². The number of aryl methyl sites for hydroxylation is 1. The van der Waals surface area contributed by atoms with Gasteiger partial charge in [-0.1, -0.05) is 64.8 Å². The lowest BCUT2D eigenvalue weighted by atomic mass is 10.00. The molecule has 4 aliphatic rings. The number of aromatic nitrogens is 2. The molecule has 0 spiro atoms. The highest BCUT2D eigenvalue weighted by Gasteiger charge is 2.63. The molecule has 0 radical (unpaired) electrons. The molecular formula is C49H60N6O8S2. The minimum absolute atomic E-state index is 0.0163. The Morgan fingerprint density at radius 1 is 1.02 bits per heavy atom. The molecule has 4 aromatic rings. The molecule has 16 heteroatoms. The number of amides is 3. The second-order valence-electron chi connectivity index (χ2n) is 19.0. The van der Waals surface area contributed by atoms with Crippen molar-refractivity contribution in [3.8, 4) is 22.2 Å². The molecule has 2 aliphatic carbocycles. The first-order valence-corrected chi connectivity index (χ1v) is 25.2. The Morgan fingerprint density at radius 3 is 2.51 bits per heavy atom. The van der Waals surface area contributed by atoms with Gasteiger partial charge in [0.05, 0.1) is 29.6 Å². The zero-order valence-electron chi connectivity index (χ0n) is 38.2. The highest BCUT2D eigenvalue weighted by Crippen LogP contribution is 2.48. The van der Waals surface area contributed by atoms with Crippen LogP contribution < -0.4 is 24.8 Å². The number of rotatable bonds is 12. The van der Waals surface area contributed by atoms with Gasteiger partial charge in [-0.05, 0) is 82.6 Å². The van der Waals surface area contributed by atoms with E-state index in [-0.39, 0.29) is 42.9 Å². The molecule has 1 unspecified atom stereocenters. The van der Waals surface area contributed by atoms with Gasteiger partial charge in [0.1, 0.15) is 45.9 Å². The molecule has 3 fully saturated rings. The minimum atomic E-state index is -4.01. The molecule has 0 bridgehead atoms. The number of sulfonamides is 1. The average molecular weight is 925 g/mol. The van der Waals surface area contributed by atoms with E-state index in [4.69, 9.17) is 19.4 Å². The van der Waals surface area contributed by atoms with Crippen LogP contribution in [0.2, 0.25) is 0 Å². The van der Waals surface area contributed by atoms with Crippen LogP contribution in [-0.4, -0.2) is 88.9 Å². The summed E-state index contributed by atoms with van der Waals surface area (Å²) in [5.74, 6) is -0.971. The molecule has 2 saturated carbocycles. The monoisotopic (exact) mass is 924 g/mol. The summed E-state index contributed by atoms with van der Waals surface area (Å²) in [6.07, 6.45) is 7.93. The van der Waals surface area contributed by atoms with Crippen molar-refractivity contribution in [2.75, 3.05) is 19.0 Å². The van der Waals surface area contributed by atoms with Crippen molar-refractivity contribution in [3.05, 3.63) is 76.8 Å². The van der Waals surface area contributed by atoms with E-state index < -0.39 is 56.2 Å². The molecule has 2 aromatic carbocycles.